The molecular formula is C25H30N4O5. The van der Waals surface area contributed by atoms with E-state index in [9.17, 15) is 9.90 Å². The van der Waals surface area contributed by atoms with E-state index in [1.54, 1.807) is 20.3 Å². The van der Waals surface area contributed by atoms with Gasteiger partial charge in [0.25, 0.3) is 0 Å². The molecule has 4 rings (SSSR count). The van der Waals surface area contributed by atoms with Gasteiger partial charge < -0.3 is 24.3 Å². The van der Waals surface area contributed by atoms with Gasteiger partial charge in [-0.05, 0) is 55.0 Å². The van der Waals surface area contributed by atoms with Gasteiger partial charge in [-0.25, -0.2) is 4.98 Å². The Morgan fingerprint density at radius 3 is 2.62 bits per heavy atom. The maximum Gasteiger partial charge on any atom is 0.303 e. The van der Waals surface area contributed by atoms with Crippen molar-refractivity contribution in [3.8, 4) is 11.5 Å². The summed E-state index contributed by atoms with van der Waals surface area (Å²) in [4.78, 5) is 16.2. The number of hydrogen-bond acceptors (Lipinski definition) is 8. The molecule has 3 heterocycles. The molecule has 0 radical (unpaired) electrons. The van der Waals surface area contributed by atoms with E-state index in [-0.39, 0.29) is 12.3 Å². The summed E-state index contributed by atoms with van der Waals surface area (Å²) in [6, 6.07) is 9.62. The number of methoxy groups -OCH3 is 2. The van der Waals surface area contributed by atoms with E-state index in [0.29, 0.717) is 36.1 Å². The zero-order valence-corrected chi connectivity index (χ0v) is 19.5. The Bertz CT molecular complexity index is 1110. The molecule has 180 valence electrons. The van der Waals surface area contributed by atoms with Crippen molar-refractivity contribution in [2.24, 2.45) is 0 Å². The summed E-state index contributed by atoms with van der Waals surface area (Å²) in [5, 5.41) is 21.1. The lowest BCUT2D eigenvalue weighted by molar-refractivity contribution is -0.137. The first-order valence-corrected chi connectivity index (χ1v) is 11.5. The maximum atomic E-state index is 11.5. The van der Waals surface area contributed by atoms with Gasteiger partial charge in [-0.2, -0.15) is 0 Å². The summed E-state index contributed by atoms with van der Waals surface area (Å²) in [6.07, 6.45) is 4.74. The number of hydrogen-bond donors (Lipinski definition) is 2. The Morgan fingerprint density at radius 1 is 1.12 bits per heavy atom. The third-order valence-corrected chi connectivity index (χ3v) is 5.97. The highest BCUT2D eigenvalue weighted by Crippen LogP contribution is 2.31. The fourth-order valence-corrected chi connectivity index (χ4v) is 4.20. The fraction of sp³-hybridized carbons (Fsp3) is 0.440. The van der Waals surface area contributed by atoms with Crippen molar-refractivity contribution in [3.05, 3.63) is 58.9 Å². The van der Waals surface area contributed by atoms with Crippen LogP contribution in [-0.2, 0) is 30.5 Å². The van der Waals surface area contributed by atoms with Crippen molar-refractivity contribution >= 4 is 11.8 Å². The molecule has 2 aromatic heterocycles. The SMILES string of the molecule is COc1cc(OC)cc(C(CC(=O)O)Cc2nnc(CCCc3ccc4c(n3)NCCC4)o2)c1. The van der Waals surface area contributed by atoms with Crippen molar-refractivity contribution < 1.29 is 23.8 Å². The molecule has 0 aliphatic carbocycles. The van der Waals surface area contributed by atoms with Crippen LogP contribution in [0.1, 0.15) is 53.8 Å². The van der Waals surface area contributed by atoms with Gasteiger partial charge in [0, 0.05) is 37.1 Å². The molecule has 1 atom stereocenters. The summed E-state index contributed by atoms with van der Waals surface area (Å²) < 4.78 is 16.5. The first kappa shape index (κ1) is 23.5. The molecule has 1 unspecified atom stereocenters. The Hall–Kier alpha value is -3.62. The molecule has 34 heavy (non-hydrogen) atoms. The fourth-order valence-electron chi connectivity index (χ4n) is 4.20. The molecule has 0 amide bonds. The van der Waals surface area contributed by atoms with E-state index < -0.39 is 5.97 Å². The Kier molecular flexibility index (Phi) is 7.61. The van der Waals surface area contributed by atoms with E-state index in [1.807, 2.05) is 12.1 Å². The number of carboxylic acid groups (broad SMARTS) is 1. The van der Waals surface area contributed by atoms with Crippen LogP contribution in [0.3, 0.4) is 0 Å². The molecule has 1 aliphatic heterocycles. The number of aromatic nitrogens is 3. The lowest BCUT2D eigenvalue weighted by atomic mass is 9.92. The lowest BCUT2D eigenvalue weighted by Crippen LogP contribution is -2.14. The molecule has 1 aromatic carbocycles. The molecule has 3 aromatic rings. The highest BCUT2D eigenvalue weighted by Gasteiger charge is 2.21. The Balaban J connectivity index is 1.38. The number of rotatable bonds is 11. The van der Waals surface area contributed by atoms with Gasteiger partial charge in [0.2, 0.25) is 11.8 Å². The van der Waals surface area contributed by atoms with Crippen molar-refractivity contribution in [1.82, 2.24) is 15.2 Å². The zero-order chi connectivity index (χ0) is 23.9. The Labute approximate surface area is 198 Å². The van der Waals surface area contributed by atoms with Crippen LogP contribution in [0.25, 0.3) is 0 Å². The van der Waals surface area contributed by atoms with Gasteiger partial charge >= 0.3 is 5.97 Å². The molecule has 0 saturated heterocycles. The lowest BCUT2D eigenvalue weighted by Gasteiger charge is -2.17. The van der Waals surface area contributed by atoms with E-state index in [1.165, 1.54) is 5.56 Å². The maximum absolute atomic E-state index is 11.5. The highest BCUT2D eigenvalue weighted by atomic mass is 16.5. The molecule has 9 heteroatoms. The number of anilines is 1. The molecule has 0 saturated carbocycles. The normalized spacial score (nSPS) is 13.6. The first-order chi connectivity index (χ1) is 16.5. The third-order valence-electron chi connectivity index (χ3n) is 5.97. The van der Waals surface area contributed by atoms with E-state index in [4.69, 9.17) is 18.9 Å². The van der Waals surface area contributed by atoms with E-state index in [2.05, 4.69) is 27.6 Å². The standard InChI is InChI=1S/C25H30N4O5/c1-32-20-11-17(12-21(15-20)33-2)18(14-24(30)31)13-23-29-28-22(34-23)7-3-6-19-9-8-16-5-4-10-26-25(16)27-19/h8-9,11-12,15,18H,3-7,10,13-14H2,1-2H3,(H,26,27)(H,30,31). The van der Waals surface area contributed by atoms with Crippen LogP contribution < -0.4 is 14.8 Å². The highest BCUT2D eigenvalue weighted by molar-refractivity contribution is 5.68. The summed E-state index contributed by atoms with van der Waals surface area (Å²) in [7, 11) is 3.12. The predicted molar refractivity (Wildman–Crippen MR) is 126 cm³/mol. The molecule has 0 fully saturated rings. The average molecular weight is 467 g/mol. The Morgan fingerprint density at radius 2 is 1.88 bits per heavy atom. The van der Waals surface area contributed by atoms with Crippen molar-refractivity contribution in [2.75, 3.05) is 26.1 Å². The minimum Gasteiger partial charge on any atom is -0.497 e. The zero-order valence-electron chi connectivity index (χ0n) is 19.5. The second kappa shape index (κ2) is 11.0. The molecule has 0 bridgehead atoms. The predicted octanol–water partition coefficient (Wildman–Crippen LogP) is 3.82. The van der Waals surface area contributed by atoms with Crippen LogP contribution in [-0.4, -0.2) is 47.0 Å². The third kappa shape index (κ3) is 6.03. The van der Waals surface area contributed by atoms with Gasteiger partial charge in [0.05, 0.1) is 20.6 Å². The van der Waals surface area contributed by atoms with Crippen LogP contribution in [0.4, 0.5) is 5.82 Å². The molecule has 2 N–H and O–H groups in total. The smallest absolute Gasteiger partial charge is 0.303 e. The van der Waals surface area contributed by atoms with Crippen molar-refractivity contribution in [3.63, 3.8) is 0 Å². The topological polar surface area (TPSA) is 120 Å². The van der Waals surface area contributed by atoms with E-state index in [0.717, 1.165) is 49.3 Å². The van der Waals surface area contributed by atoms with Crippen molar-refractivity contribution in [2.45, 2.75) is 50.9 Å². The number of benzene rings is 1. The number of carbonyl (C=O) groups is 1. The van der Waals surface area contributed by atoms with Gasteiger partial charge in [0.15, 0.2) is 0 Å². The molecule has 0 spiro atoms. The van der Waals surface area contributed by atoms with Crippen LogP contribution in [0.15, 0.2) is 34.7 Å². The van der Waals surface area contributed by atoms with Crippen molar-refractivity contribution in [1.29, 1.82) is 0 Å². The largest absolute Gasteiger partial charge is 0.497 e. The van der Waals surface area contributed by atoms with Crippen LogP contribution in [0.5, 0.6) is 11.5 Å². The number of nitrogens with zero attached hydrogens (tertiary/aromatic N) is 3. The van der Waals surface area contributed by atoms with Crippen LogP contribution in [0, 0.1) is 0 Å². The molecule has 9 nitrogen and oxygen atoms in total. The second-order valence-electron chi connectivity index (χ2n) is 8.43. The number of aryl methyl sites for hydroxylation is 3. The van der Waals surface area contributed by atoms with Gasteiger partial charge in [-0.1, -0.05) is 6.07 Å². The van der Waals surface area contributed by atoms with Gasteiger partial charge in [-0.15, -0.1) is 10.2 Å². The monoisotopic (exact) mass is 466 g/mol. The summed E-state index contributed by atoms with van der Waals surface area (Å²) in [5.74, 6) is 1.90. The summed E-state index contributed by atoms with van der Waals surface area (Å²) in [5.41, 5.74) is 3.10. The number of carboxylic acids is 1. The molecule has 1 aliphatic rings. The van der Waals surface area contributed by atoms with E-state index >= 15 is 0 Å². The van der Waals surface area contributed by atoms with Gasteiger partial charge in [0.1, 0.15) is 17.3 Å². The number of pyridine rings is 1. The number of aliphatic carboxylic acids is 1. The number of fused-ring (bicyclic) bond motifs is 1. The number of ether oxygens (including phenoxy) is 2. The summed E-state index contributed by atoms with van der Waals surface area (Å²) >= 11 is 0. The van der Waals surface area contributed by atoms with Crippen LogP contribution >= 0.6 is 0 Å². The minimum atomic E-state index is -0.904. The second-order valence-corrected chi connectivity index (χ2v) is 8.43. The van der Waals surface area contributed by atoms with Crippen LogP contribution in [0.2, 0.25) is 0 Å². The molecular weight excluding hydrogens is 436 g/mol. The first-order valence-electron chi connectivity index (χ1n) is 11.5. The summed E-state index contributed by atoms with van der Waals surface area (Å²) in [6.45, 7) is 0.972. The quantitative estimate of drug-likeness (QED) is 0.434. The number of nitrogens with one attached hydrogen (secondary N) is 1. The minimum absolute atomic E-state index is 0.0773. The van der Waals surface area contributed by atoms with Gasteiger partial charge in [-0.3, -0.25) is 4.79 Å². The average Bonchev–Trinajstić information content (AvgIpc) is 3.30.